The van der Waals surface area contributed by atoms with Crippen LogP contribution < -0.4 is 15.4 Å². The molecule has 0 radical (unpaired) electrons. The number of rotatable bonds is 5. The molecule has 4 rings (SSSR count). The lowest BCUT2D eigenvalue weighted by molar-refractivity contribution is -0.114. The number of aromatic nitrogens is 3. The van der Waals surface area contributed by atoms with Crippen LogP contribution in [0, 0.1) is 11.6 Å². The number of imidazole rings is 1. The Morgan fingerprint density at radius 2 is 1.87 bits per heavy atom. The maximum atomic E-state index is 14.0. The van der Waals surface area contributed by atoms with E-state index < -0.39 is 11.6 Å². The molecule has 152 valence electrons. The monoisotopic (exact) mass is 409 g/mol. The normalized spacial score (nSPS) is 10.8. The van der Waals surface area contributed by atoms with Gasteiger partial charge in [0.1, 0.15) is 29.0 Å². The molecule has 1 amide bonds. The molecule has 0 atom stereocenters. The summed E-state index contributed by atoms with van der Waals surface area (Å²) in [6.07, 6.45) is 1.53. The number of fused-ring (bicyclic) bond motifs is 1. The van der Waals surface area contributed by atoms with Crippen molar-refractivity contribution in [2.45, 2.75) is 6.92 Å². The first kappa shape index (κ1) is 19.3. The Morgan fingerprint density at radius 1 is 1.07 bits per heavy atom. The summed E-state index contributed by atoms with van der Waals surface area (Å²) in [6.45, 7) is 1.40. The van der Waals surface area contributed by atoms with E-state index >= 15 is 0 Å². The maximum absolute atomic E-state index is 14.0. The highest BCUT2D eigenvalue weighted by atomic mass is 19.1. The van der Waals surface area contributed by atoms with Gasteiger partial charge >= 0.3 is 0 Å². The minimum atomic E-state index is -0.709. The van der Waals surface area contributed by atoms with E-state index in [2.05, 4.69) is 20.6 Å². The van der Waals surface area contributed by atoms with Crippen molar-refractivity contribution in [3.05, 3.63) is 66.4 Å². The highest BCUT2D eigenvalue weighted by molar-refractivity contribution is 5.87. The van der Waals surface area contributed by atoms with Crippen molar-refractivity contribution in [1.29, 1.82) is 0 Å². The smallest absolute Gasteiger partial charge is 0.222 e. The van der Waals surface area contributed by atoms with Gasteiger partial charge in [-0.25, -0.2) is 18.7 Å². The molecule has 0 bridgehead atoms. The number of halogens is 2. The van der Waals surface area contributed by atoms with Crippen molar-refractivity contribution in [3.63, 3.8) is 0 Å². The number of ether oxygens (including phenoxy) is 1. The van der Waals surface area contributed by atoms with Crippen LogP contribution in [-0.4, -0.2) is 20.4 Å². The lowest BCUT2D eigenvalue weighted by Crippen LogP contribution is -2.07. The van der Waals surface area contributed by atoms with Gasteiger partial charge < -0.3 is 19.9 Å². The van der Waals surface area contributed by atoms with Gasteiger partial charge in [0.2, 0.25) is 11.9 Å². The van der Waals surface area contributed by atoms with Crippen molar-refractivity contribution < 1.29 is 18.3 Å². The van der Waals surface area contributed by atoms with Gasteiger partial charge in [0.25, 0.3) is 0 Å². The van der Waals surface area contributed by atoms with E-state index in [0.717, 1.165) is 11.6 Å². The molecule has 0 aliphatic heterocycles. The van der Waals surface area contributed by atoms with Crippen LogP contribution >= 0.6 is 0 Å². The zero-order valence-corrected chi connectivity index (χ0v) is 16.1. The van der Waals surface area contributed by atoms with Gasteiger partial charge in [0, 0.05) is 38.4 Å². The van der Waals surface area contributed by atoms with Crippen LogP contribution in [0.2, 0.25) is 0 Å². The number of amides is 1. The minimum absolute atomic E-state index is 0.119. The van der Waals surface area contributed by atoms with Crippen molar-refractivity contribution in [1.82, 2.24) is 14.5 Å². The van der Waals surface area contributed by atoms with E-state index in [9.17, 15) is 13.6 Å². The number of nitrogens with one attached hydrogen (secondary N) is 2. The number of carbonyl (C=O) groups excluding carboxylic acids is 1. The van der Waals surface area contributed by atoms with Gasteiger partial charge in [0.05, 0.1) is 16.7 Å². The molecule has 0 saturated heterocycles. The SMILES string of the molecule is CC(=O)Nc1cc(Oc2ccc3c(c2)nc(Nc2ccc(F)cc2F)n3C)ccn1. The molecule has 0 spiro atoms. The second kappa shape index (κ2) is 7.78. The van der Waals surface area contributed by atoms with Gasteiger partial charge in [-0.05, 0) is 30.3 Å². The number of aryl methyl sites for hydroxylation is 1. The summed E-state index contributed by atoms with van der Waals surface area (Å²) in [7, 11) is 1.78. The number of benzene rings is 2. The summed E-state index contributed by atoms with van der Waals surface area (Å²) in [5.74, 6) is 0.209. The number of carbonyl (C=O) groups is 1. The number of hydrogen-bond acceptors (Lipinski definition) is 5. The quantitative estimate of drug-likeness (QED) is 0.498. The molecule has 2 heterocycles. The average molecular weight is 409 g/mol. The van der Waals surface area contributed by atoms with E-state index in [-0.39, 0.29) is 11.6 Å². The molecule has 0 fully saturated rings. The van der Waals surface area contributed by atoms with E-state index in [0.29, 0.717) is 28.8 Å². The fourth-order valence-electron chi connectivity index (χ4n) is 2.93. The van der Waals surface area contributed by atoms with Gasteiger partial charge in [-0.3, -0.25) is 4.79 Å². The topological polar surface area (TPSA) is 81.1 Å². The van der Waals surface area contributed by atoms with Gasteiger partial charge in [0.15, 0.2) is 0 Å². The molecule has 4 aromatic rings. The molecular formula is C21H17F2N5O2. The molecular weight excluding hydrogens is 392 g/mol. The number of pyridine rings is 1. The van der Waals surface area contributed by atoms with E-state index in [1.807, 2.05) is 6.07 Å². The Hall–Kier alpha value is -4.01. The fraction of sp³-hybridized carbons (Fsp3) is 0.0952. The van der Waals surface area contributed by atoms with E-state index in [1.165, 1.54) is 25.3 Å². The summed E-state index contributed by atoms with van der Waals surface area (Å²) in [4.78, 5) is 19.7. The van der Waals surface area contributed by atoms with E-state index in [1.54, 1.807) is 35.9 Å². The Labute approximate surface area is 170 Å². The van der Waals surface area contributed by atoms with Crippen LogP contribution in [0.3, 0.4) is 0 Å². The van der Waals surface area contributed by atoms with Crippen LogP contribution in [-0.2, 0) is 11.8 Å². The lowest BCUT2D eigenvalue weighted by Gasteiger charge is -2.08. The van der Waals surface area contributed by atoms with Crippen LogP contribution in [0.5, 0.6) is 11.5 Å². The van der Waals surface area contributed by atoms with Gasteiger partial charge in [-0.15, -0.1) is 0 Å². The minimum Gasteiger partial charge on any atom is -0.457 e. The van der Waals surface area contributed by atoms with Crippen molar-refractivity contribution in [2.75, 3.05) is 10.6 Å². The van der Waals surface area contributed by atoms with Crippen molar-refractivity contribution in [3.8, 4) is 11.5 Å². The Bertz CT molecular complexity index is 1260. The van der Waals surface area contributed by atoms with E-state index in [4.69, 9.17) is 4.74 Å². The molecule has 0 unspecified atom stereocenters. The first-order valence-corrected chi connectivity index (χ1v) is 8.99. The Balaban J connectivity index is 1.60. The maximum Gasteiger partial charge on any atom is 0.222 e. The third-order valence-electron chi connectivity index (χ3n) is 4.30. The Kier molecular flexibility index (Phi) is 5.01. The molecule has 0 saturated carbocycles. The highest BCUT2D eigenvalue weighted by Gasteiger charge is 2.12. The van der Waals surface area contributed by atoms with Gasteiger partial charge in [-0.1, -0.05) is 0 Å². The number of anilines is 3. The second-order valence-corrected chi connectivity index (χ2v) is 6.55. The van der Waals surface area contributed by atoms with Gasteiger partial charge in [-0.2, -0.15) is 0 Å². The third-order valence-corrected chi connectivity index (χ3v) is 4.30. The summed E-state index contributed by atoms with van der Waals surface area (Å²) in [5.41, 5.74) is 1.53. The second-order valence-electron chi connectivity index (χ2n) is 6.55. The lowest BCUT2D eigenvalue weighted by atomic mass is 10.3. The molecule has 2 N–H and O–H groups in total. The highest BCUT2D eigenvalue weighted by Crippen LogP contribution is 2.29. The predicted octanol–water partition coefficient (Wildman–Crippen LogP) is 4.74. The molecule has 0 aliphatic rings. The molecule has 0 aliphatic carbocycles. The zero-order chi connectivity index (χ0) is 21.3. The van der Waals surface area contributed by atoms with Crippen LogP contribution in [0.4, 0.5) is 26.2 Å². The first-order valence-electron chi connectivity index (χ1n) is 8.99. The summed E-state index contributed by atoms with van der Waals surface area (Å²) in [5, 5.41) is 5.47. The van der Waals surface area contributed by atoms with Crippen LogP contribution in [0.25, 0.3) is 11.0 Å². The molecule has 7 nitrogen and oxygen atoms in total. The summed E-state index contributed by atoms with van der Waals surface area (Å²) >= 11 is 0. The van der Waals surface area contributed by atoms with Crippen LogP contribution in [0.1, 0.15) is 6.92 Å². The number of hydrogen-bond donors (Lipinski definition) is 2. The first-order chi connectivity index (χ1) is 14.4. The predicted molar refractivity (Wildman–Crippen MR) is 109 cm³/mol. The Morgan fingerprint density at radius 3 is 2.63 bits per heavy atom. The summed E-state index contributed by atoms with van der Waals surface area (Å²) in [6, 6.07) is 11.9. The molecule has 30 heavy (non-hydrogen) atoms. The fourth-order valence-corrected chi connectivity index (χ4v) is 2.93. The number of nitrogens with zero attached hydrogens (tertiary/aromatic N) is 3. The summed E-state index contributed by atoms with van der Waals surface area (Å²) < 4.78 is 34.7. The zero-order valence-electron chi connectivity index (χ0n) is 16.1. The van der Waals surface area contributed by atoms with Crippen LogP contribution in [0.15, 0.2) is 54.7 Å². The van der Waals surface area contributed by atoms with Crippen molar-refractivity contribution >= 4 is 34.4 Å². The van der Waals surface area contributed by atoms with Crippen molar-refractivity contribution in [2.24, 2.45) is 7.05 Å². The standard InChI is InChI=1S/C21H17F2N5O2/c1-12(29)25-20-11-15(7-8-24-20)30-14-4-6-19-18(10-14)27-21(28(19)2)26-17-5-3-13(22)9-16(17)23/h3-11H,1-2H3,(H,26,27)(H,24,25,29). The molecule has 9 heteroatoms. The molecule has 2 aromatic heterocycles. The third kappa shape index (κ3) is 4.04. The average Bonchev–Trinajstić information content (AvgIpc) is 2.99. The largest absolute Gasteiger partial charge is 0.457 e. The molecule has 2 aromatic carbocycles.